The average molecular weight is 358 g/mol. The Morgan fingerprint density at radius 2 is 2.04 bits per heavy atom. The van der Waals surface area contributed by atoms with Crippen molar-refractivity contribution in [1.29, 1.82) is 0 Å². The van der Waals surface area contributed by atoms with E-state index in [0.717, 1.165) is 42.7 Å². The number of methoxy groups -OCH3 is 2. The van der Waals surface area contributed by atoms with E-state index in [4.69, 9.17) is 18.9 Å². The second-order valence-corrected chi connectivity index (χ2v) is 6.47. The van der Waals surface area contributed by atoms with Crippen molar-refractivity contribution >= 4 is 0 Å². The van der Waals surface area contributed by atoms with Gasteiger partial charge in [0.2, 0.25) is 5.88 Å². The van der Waals surface area contributed by atoms with Crippen molar-refractivity contribution in [3.63, 3.8) is 0 Å². The van der Waals surface area contributed by atoms with Crippen molar-refractivity contribution in [1.82, 2.24) is 9.55 Å². The molecule has 4 rings (SSSR count). The molecule has 1 saturated heterocycles. The maximum Gasteiger partial charge on any atom is 0.351 e. The van der Waals surface area contributed by atoms with E-state index in [-0.39, 0.29) is 11.8 Å². The third-order valence-corrected chi connectivity index (χ3v) is 4.92. The smallest absolute Gasteiger partial charge is 0.351 e. The fourth-order valence-electron chi connectivity index (χ4n) is 3.55. The van der Waals surface area contributed by atoms with Crippen LogP contribution >= 0.6 is 0 Å². The molecule has 1 fully saturated rings. The molecule has 2 aliphatic heterocycles. The molecule has 1 atom stereocenters. The van der Waals surface area contributed by atoms with Gasteiger partial charge in [-0.05, 0) is 37.0 Å². The topological polar surface area (TPSA) is 71.8 Å². The molecule has 0 saturated carbocycles. The molecule has 2 aromatic rings. The third-order valence-electron chi connectivity index (χ3n) is 4.92. The van der Waals surface area contributed by atoms with Crippen LogP contribution in [-0.2, 0) is 17.7 Å². The lowest BCUT2D eigenvalue weighted by atomic mass is 9.97. The van der Waals surface area contributed by atoms with E-state index in [1.165, 1.54) is 0 Å². The summed E-state index contributed by atoms with van der Waals surface area (Å²) in [5.41, 5.74) is 2.54. The molecule has 7 nitrogen and oxygen atoms in total. The fraction of sp³-hybridized carbons (Fsp3) is 0.474. The number of hydrogen-bond donors (Lipinski definition) is 0. The molecule has 0 radical (unpaired) electrons. The Morgan fingerprint density at radius 1 is 1.23 bits per heavy atom. The molecule has 0 aliphatic carbocycles. The van der Waals surface area contributed by atoms with Gasteiger partial charge < -0.3 is 18.9 Å². The van der Waals surface area contributed by atoms with Gasteiger partial charge in [-0.3, -0.25) is 4.57 Å². The molecule has 3 heterocycles. The standard InChI is InChI=1S/C19H22N2O5/c1-23-16-8-12-5-6-21-15(14(12)9-17(16)24-2)10-18(20-19(21)22)26-11-13-4-3-7-25-13/h8-10,13H,3-7,11H2,1-2H3. The van der Waals surface area contributed by atoms with Crippen LogP contribution in [0.2, 0.25) is 0 Å². The fourth-order valence-corrected chi connectivity index (χ4v) is 3.55. The highest BCUT2D eigenvalue weighted by atomic mass is 16.5. The molecule has 1 aromatic heterocycles. The van der Waals surface area contributed by atoms with Crippen molar-refractivity contribution in [3.8, 4) is 28.6 Å². The lowest BCUT2D eigenvalue weighted by Gasteiger charge is -2.23. The van der Waals surface area contributed by atoms with Gasteiger partial charge in [0.25, 0.3) is 0 Å². The second-order valence-electron chi connectivity index (χ2n) is 6.47. The quantitative estimate of drug-likeness (QED) is 0.815. The summed E-state index contributed by atoms with van der Waals surface area (Å²) in [5, 5.41) is 0. The van der Waals surface area contributed by atoms with Crippen LogP contribution in [0.15, 0.2) is 23.0 Å². The summed E-state index contributed by atoms with van der Waals surface area (Å²) in [5.74, 6) is 1.65. The predicted molar refractivity (Wildman–Crippen MR) is 95.2 cm³/mol. The zero-order valence-electron chi connectivity index (χ0n) is 15.0. The van der Waals surface area contributed by atoms with Gasteiger partial charge in [0.05, 0.1) is 26.0 Å². The van der Waals surface area contributed by atoms with Crippen molar-refractivity contribution in [2.45, 2.75) is 31.9 Å². The second kappa shape index (κ2) is 6.99. The van der Waals surface area contributed by atoms with Crippen LogP contribution in [0.3, 0.4) is 0 Å². The Labute approximate surface area is 151 Å². The minimum atomic E-state index is -0.301. The highest BCUT2D eigenvalue weighted by Crippen LogP contribution is 2.38. The van der Waals surface area contributed by atoms with Crippen LogP contribution in [0.1, 0.15) is 18.4 Å². The van der Waals surface area contributed by atoms with Gasteiger partial charge in [-0.1, -0.05) is 0 Å². The van der Waals surface area contributed by atoms with Crippen LogP contribution in [0.25, 0.3) is 11.3 Å². The van der Waals surface area contributed by atoms with E-state index in [1.54, 1.807) is 18.8 Å². The van der Waals surface area contributed by atoms with Crippen LogP contribution < -0.4 is 19.9 Å². The van der Waals surface area contributed by atoms with Gasteiger partial charge in [0.1, 0.15) is 6.61 Å². The first-order valence-corrected chi connectivity index (χ1v) is 8.81. The summed E-state index contributed by atoms with van der Waals surface area (Å²) in [6.07, 6.45) is 2.83. The van der Waals surface area contributed by atoms with Gasteiger partial charge in [-0.15, -0.1) is 0 Å². The van der Waals surface area contributed by atoms with Crippen molar-refractivity contribution in [3.05, 3.63) is 34.2 Å². The summed E-state index contributed by atoms with van der Waals surface area (Å²) >= 11 is 0. The summed E-state index contributed by atoms with van der Waals surface area (Å²) in [6, 6.07) is 5.69. The largest absolute Gasteiger partial charge is 0.493 e. The van der Waals surface area contributed by atoms with E-state index in [0.29, 0.717) is 30.5 Å². The number of rotatable bonds is 5. The summed E-state index contributed by atoms with van der Waals surface area (Å²) < 4.78 is 23.8. The highest BCUT2D eigenvalue weighted by Gasteiger charge is 2.23. The van der Waals surface area contributed by atoms with Crippen molar-refractivity contribution in [2.75, 3.05) is 27.4 Å². The maximum absolute atomic E-state index is 12.5. The first kappa shape index (κ1) is 16.9. The van der Waals surface area contributed by atoms with Gasteiger partial charge >= 0.3 is 5.69 Å². The molecule has 0 bridgehead atoms. The molecule has 26 heavy (non-hydrogen) atoms. The molecule has 0 N–H and O–H groups in total. The molecular weight excluding hydrogens is 336 g/mol. The number of benzene rings is 1. The van der Waals surface area contributed by atoms with Crippen molar-refractivity contribution < 1.29 is 18.9 Å². The SMILES string of the molecule is COc1cc2c(cc1OC)-c1cc(OCC3CCCO3)nc(=O)n1CC2. The van der Waals surface area contributed by atoms with Crippen LogP contribution in [0.4, 0.5) is 0 Å². The molecule has 138 valence electrons. The van der Waals surface area contributed by atoms with Crippen LogP contribution in [0, 0.1) is 0 Å². The highest BCUT2D eigenvalue weighted by molar-refractivity contribution is 5.70. The Kier molecular flexibility index (Phi) is 4.55. The van der Waals surface area contributed by atoms with Crippen LogP contribution in [0.5, 0.6) is 17.4 Å². The lowest BCUT2D eigenvalue weighted by molar-refractivity contribution is 0.0661. The van der Waals surface area contributed by atoms with E-state index in [2.05, 4.69) is 4.98 Å². The molecular formula is C19H22N2O5. The number of aryl methyl sites for hydroxylation is 1. The number of nitrogens with zero attached hydrogens (tertiary/aromatic N) is 2. The first-order valence-electron chi connectivity index (χ1n) is 8.81. The summed E-state index contributed by atoms with van der Waals surface area (Å²) in [7, 11) is 3.22. The normalized spacial score (nSPS) is 18.2. The van der Waals surface area contributed by atoms with Gasteiger partial charge in [0, 0.05) is 24.8 Å². The maximum atomic E-state index is 12.5. The molecule has 1 unspecified atom stereocenters. The van der Waals surface area contributed by atoms with Crippen LogP contribution in [-0.4, -0.2) is 43.1 Å². The lowest BCUT2D eigenvalue weighted by Crippen LogP contribution is -2.29. The Hall–Kier alpha value is -2.54. The Morgan fingerprint density at radius 3 is 2.77 bits per heavy atom. The van der Waals surface area contributed by atoms with Crippen molar-refractivity contribution in [2.24, 2.45) is 0 Å². The third kappa shape index (κ3) is 3.03. The van der Waals surface area contributed by atoms with Gasteiger partial charge in [-0.25, -0.2) is 4.79 Å². The summed E-state index contributed by atoms with van der Waals surface area (Å²) in [6.45, 7) is 1.76. The monoisotopic (exact) mass is 358 g/mol. The van der Waals surface area contributed by atoms with E-state index < -0.39 is 0 Å². The first-order chi connectivity index (χ1) is 12.7. The number of fused-ring (bicyclic) bond motifs is 3. The Bertz CT molecular complexity index is 871. The molecule has 0 amide bonds. The Balaban J connectivity index is 1.70. The van der Waals surface area contributed by atoms with Gasteiger partial charge in [-0.2, -0.15) is 4.98 Å². The summed E-state index contributed by atoms with van der Waals surface area (Å²) in [4.78, 5) is 16.5. The average Bonchev–Trinajstić information content (AvgIpc) is 3.18. The minimum Gasteiger partial charge on any atom is -0.493 e. The zero-order chi connectivity index (χ0) is 18.1. The zero-order valence-corrected chi connectivity index (χ0v) is 15.0. The number of ether oxygens (including phenoxy) is 4. The van der Waals surface area contributed by atoms with E-state index in [9.17, 15) is 4.79 Å². The predicted octanol–water partition coefficient (Wildman–Crippen LogP) is 2.04. The molecule has 7 heteroatoms. The molecule has 1 aromatic carbocycles. The molecule has 2 aliphatic rings. The number of aromatic nitrogens is 2. The van der Waals surface area contributed by atoms with E-state index in [1.807, 2.05) is 18.2 Å². The van der Waals surface area contributed by atoms with Gasteiger partial charge in [0.15, 0.2) is 11.5 Å². The number of hydrogen-bond acceptors (Lipinski definition) is 6. The van der Waals surface area contributed by atoms with E-state index >= 15 is 0 Å². The minimum absolute atomic E-state index is 0.0761. The molecule has 0 spiro atoms.